The van der Waals surface area contributed by atoms with Crippen molar-refractivity contribution in [2.45, 2.75) is 38.8 Å². The van der Waals surface area contributed by atoms with E-state index in [4.69, 9.17) is 5.73 Å². The summed E-state index contributed by atoms with van der Waals surface area (Å²) in [6.07, 6.45) is 3.31. The maximum Gasteiger partial charge on any atom is 0.256 e. The minimum Gasteiger partial charge on any atom is -0.395 e. The molecule has 3 N–H and O–H groups in total. The van der Waals surface area contributed by atoms with Crippen LogP contribution in [0, 0.1) is 12.7 Å². The molecule has 1 aromatic heterocycles. The van der Waals surface area contributed by atoms with E-state index in [1.54, 1.807) is 6.07 Å². The van der Waals surface area contributed by atoms with E-state index >= 15 is 0 Å². The van der Waals surface area contributed by atoms with Gasteiger partial charge in [0.1, 0.15) is 5.82 Å². The first-order valence-electron chi connectivity index (χ1n) is 10.5. The van der Waals surface area contributed by atoms with Crippen molar-refractivity contribution in [3.63, 3.8) is 0 Å². The lowest BCUT2D eigenvalue weighted by Crippen LogP contribution is -2.38. The molecule has 7 heteroatoms. The molecule has 31 heavy (non-hydrogen) atoms. The summed E-state index contributed by atoms with van der Waals surface area (Å²) < 4.78 is 16.3. The number of piperidine rings is 1. The van der Waals surface area contributed by atoms with E-state index < -0.39 is 0 Å². The number of rotatable bonds is 5. The molecule has 2 heterocycles. The number of benzene rings is 2. The van der Waals surface area contributed by atoms with Gasteiger partial charge in [-0.25, -0.2) is 4.39 Å². The van der Waals surface area contributed by atoms with E-state index in [9.17, 15) is 14.3 Å². The lowest BCUT2D eigenvalue weighted by Gasteiger charge is -2.32. The number of likely N-dealkylation sites (tertiary alicyclic amines) is 1. The molecule has 3 aromatic rings. The van der Waals surface area contributed by atoms with Crippen molar-refractivity contribution in [3.05, 3.63) is 70.7 Å². The van der Waals surface area contributed by atoms with Crippen LogP contribution in [0.25, 0.3) is 10.9 Å². The third-order valence-corrected chi connectivity index (χ3v) is 6.19. The summed E-state index contributed by atoms with van der Waals surface area (Å²) in [6, 6.07) is 11.0. The smallest absolute Gasteiger partial charge is 0.256 e. The van der Waals surface area contributed by atoms with E-state index in [2.05, 4.69) is 0 Å². The monoisotopic (exact) mass is 445 g/mol. The molecule has 1 saturated heterocycles. The number of halogens is 2. The Labute approximate surface area is 188 Å². The Bertz CT molecular complexity index is 1070. The highest BCUT2D eigenvalue weighted by atomic mass is 35.5. The number of carbonyl (C=O) groups excluding carboxylic acids is 1. The molecule has 0 aliphatic carbocycles. The number of hydrogen-bond donors (Lipinski definition) is 2. The molecule has 0 radical (unpaired) electrons. The number of nitrogens with two attached hydrogens (primary N) is 1. The van der Waals surface area contributed by atoms with Crippen LogP contribution in [0.5, 0.6) is 0 Å². The Hall–Kier alpha value is -2.41. The third kappa shape index (κ3) is 4.47. The van der Waals surface area contributed by atoms with Crippen LogP contribution in [0.3, 0.4) is 0 Å². The Kier molecular flexibility index (Phi) is 7.36. The van der Waals surface area contributed by atoms with Gasteiger partial charge < -0.3 is 20.3 Å². The molecule has 1 fully saturated rings. The highest BCUT2D eigenvalue weighted by Crippen LogP contribution is 2.32. The standard InChI is InChI=1S/C24H28FN3O2.ClH/c1-16-3-2-4-19-21(15-28(11-12-29)23(16)19)24(30)27-9-7-18(8-10-27)20-13-17(14-26)5-6-22(20)25;/h2-6,13,15,18,29H,7-12,14,26H2,1H3;1H. The largest absolute Gasteiger partial charge is 0.395 e. The average molecular weight is 446 g/mol. The predicted octanol–water partition coefficient (Wildman–Crippen LogP) is 3.98. The van der Waals surface area contributed by atoms with Gasteiger partial charge in [-0.1, -0.05) is 30.3 Å². The first-order valence-corrected chi connectivity index (χ1v) is 10.5. The summed E-state index contributed by atoms with van der Waals surface area (Å²) in [5.74, 6) is -0.102. The summed E-state index contributed by atoms with van der Waals surface area (Å²) in [7, 11) is 0. The normalized spacial score (nSPS) is 14.6. The van der Waals surface area contributed by atoms with Crippen LogP contribution < -0.4 is 5.73 Å². The Morgan fingerprint density at radius 2 is 1.97 bits per heavy atom. The number of nitrogens with zero attached hydrogens (tertiary/aromatic N) is 2. The topological polar surface area (TPSA) is 71.5 Å². The number of aliphatic hydroxyl groups is 1. The van der Waals surface area contributed by atoms with Crippen LogP contribution in [-0.2, 0) is 13.1 Å². The van der Waals surface area contributed by atoms with Crippen LogP contribution in [0.15, 0.2) is 42.6 Å². The number of carbonyl (C=O) groups is 1. The fourth-order valence-electron chi connectivity index (χ4n) is 4.60. The molecule has 0 atom stereocenters. The molecule has 2 aromatic carbocycles. The molecule has 1 aliphatic heterocycles. The predicted molar refractivity (Wildman–Crippen MR) is 123 cm³/mol. The summed E-state index contributed by atoms with van der Waals surface area (Å²) >= 11 is 0. The molecule has 1 amide bonds. The number of aliphatic hydroxyl groups excluding tert-OH is 1. The van der Waals surface area contributed by atoms with Crippen LogP contribution in [0.2, 0.25) is 0 Å². The minimum atomic E-state index is -0.195. The summed E-state index contributed by atoms with van der Waals surface area (Å²) in [5, 5.41) is 10.3. The Morgan fingerprint density at radius 1 is 1.23 bits per heavy atom. The van der Waals surface area contributed by atoms with Crippen molar-refractivity contribution in [1.29, 1.82) is 0 Å². The zero-order chi connectivity index (χ0) is 21.3. The van der Waals surface area contributed by atoms with Gasteiger partial charge in [0.25, 0.3) is 5.91 Å². The quantitative estimate of drug-likeness (QED) is 0.624. The molecule has 0 spiro atoms. The SMILES string of the molecule is Cc1cccc2c(C(=O)N3CCC(c4cc(CN)ccc4F)CC3)cn(CCO)c12.Cl. The highest BCUT2D eigenvalue weighted by Gasteiger charge is 2.28. The van der Waals surface area contributed by atoms with Crippen LogP contribution in [0.4, 0.5) is 4.39 Å². The molecule has 166 valence electrons. The van der Waals surface area contributed by atoms with Gasteiger partial charge in [0.05, 0.1) is 17.7 Å². The van der Waals surface area contributed by atoms with Crippen molar-refractivity contribution in [1.82, 2.24) is 9.47 Å². The lowest BCUT2D eigenvalue weighted by molar-refractivity contribution is 0.0714. The number of aryl methyl sites for hydroxylation is 1. The highest BCUT2D eigenvalue weighted by molar-refractivity contribution is 6.07. The van der Waals surface area contributed by atoms with Gasteiger partial charge in [-0.05, 0) is 48.4 Å². The van der Waals surface area contributed by atoms with Crippen molar-refractivity contribution in [2.75, 3.05) is 19.7 Å². The minimum absolute atomic E-state index is 0. The zero-order valence-corrected chi connectivity index (χ0v) is 18.5. The molecule has 0 bridgehead atoms. The fourth-order valence-corrected chi connectivity index (χ4v) is 4.60. The summed E-state index contributed by atoms with van der Waals surface area (Å²) in [4.78, 5) is 15.2. The Morgan fingerprint density at radius 3 is 2.65 bits per heavy atom. The van der Waals surface area contributed by atoms with Crippen molar-refractivity contribution < 1.29 is 14.3 Å². The van der Waals surface area contributed by atoms with Crippen molar-refractivity contribution in [3.8, 4) is 0 Å². The molecular weight excluding hydrogens is 417 g/mol. The van der Waals surface area contributed by atoms with Gasteiger partial charge in [0.15, 0.2) is 0 Å². The van der Waals surface area contributed by atoms with Crippen molar-refractivity contribution in [2.24, 2.45) is 5.73 Å². The van der Waals surface area contributed by atoms with Crippen LogP contribution >= 0.6 is 12.4 Å². The maximum atomic E-state index is 14.4. The second kappa shape index (κ2) is 9.81. The lowest BCUT2D eigenvalue weighted by atomic mass is 9.88. The summed E-state index contributed by atoms with van der Waals surface area (Å²) in [5.41, 5.74) is 10.1. The average Bonchev–Trinajstić information content (AvgIpc) is 3.14. The number of para-hydroxylation sites is 1. The molecule has 0 saturated carbocycles. The number of fused-ring (bicyclic) bond motifs is 1. The van der Waals surface area contributed by atoms with Gasteiger partial charge in [-0.15, -0.1) is 12.4 Å². The van der Waals surface area contributed by atoms with E-state index in [-0.39, 0.29) is 36.7 Å². The van der Waals surface area contributed by atoms with Crippen LogP contribution in [0.1, 0.15) is 45.8 Å². The van der Waals surface area contributed by atoms with Gasteiger partial charge in [0, 0.05) is 37.8 Å². The van der Waals surface area contributed by atoms with E-state index in [0.717, 1.165) is 34.9 Å². The van der Waals surface area contributed by atoms with Gasteiger partial charge in [0.2, 0.25) is 0 Å². The number of hydrogen-bond acceptors (Lipinski definition) is 3. The van der Waals surface area contributed by atoms with Crippen LogP contribution in [-0.4, -0.2) is 40.2 Å². The molecule has 4 rings (SSSR count). The molecule has 0 unspecified atom stereocenters. The fraction of sp³-hybridized carbons (Fsp3) is 0.375. The maximum absolute atomic E-state index is 14.4. The van der Waals surface area contributed by atoms with E-state index in [1.807, 2.05) is 46.9 Å². The zero-order valence-electron chi connectivity index (χ0n) is 17.7. The second-order valence-electron chi connectivity index (χ2n) is 8.06. The third-order valence-electron chi connectivity index (χ3n) is 6.19. The summed E-state index contributed by atoms with van der Waals surface area (Å²) in [6.45, 7) is 4.06. The number of amides is 1. The van der Waals surface area contributed by atoms with E-state index in [0.29, 0.717) is 37.3 Å². The number of aromatic nitrogens is 1. The van der Waals surface area contributed by atoms with Crippen molar-refractivity contribution >= 4 is 29.2 Å². The molecular formula is C24H29ClFN3O2. The van der Waals surface area contributed by atoms with Gasteiger partial charge >= 0.3 is 0 Å². The second-order valence-corrected chi connectivity index (χ2v) is 8.06. The molecule has 1 aliphatic rings. The van der Waals surface area contributed by atoms with Gasteiger partial charge in [-0.2, -0.15) is 0 Å². The first-order chi connectivity index (χ1) is 14.5. The van der Waals surface area contributed by atoms with Gasteiger partial charge in [-0.3, -0.25) is 4.79 Å². The molecule has 5 nitrogen and oxygen atoms in total. The Balaban J connectivity index is 0.00000272. The first kappa shape index (κ1) is 23.3. The van der Waals surface area contributed by atoms with E-state index in [1.165, 1.54) is 6.07 Å².